The number of carbonyl (C=O) groups excluding carboxylic acids is 2. The van der Waals surface area contributed by atoms with Crippen molar-refractivity contribution in [3.63, 3.8) is 0 Å². The summed E-state index contributed by atoms with van der Waals surface area (Å²) in [6, 6.07) is 11.6. The third-order valence-corrected chi connectivity index (χ3v) is 3.53. The molecule has 0 fully saturated rings. The SMILES string of the molecule is CC(C)COc1ccc(C(=O)NNC(=S)NC(=O)c2ccc(F)cc2)cc1. The Hall–Kier alpha value is -3.00. The Kier molecular flexibility index (Phi) is 7.25. The Bertz CT molecular complexity index is 808. The first-order valence-electron chi connectivity index (χ1n) is 8.25. The fourth-order valence-corrected chi connectivity index (χ4v) is 2.10. The molecule has 0 saturated carbocycles. The lowest BCUT2D eigenvalue weighted by Gasteiger charge is -2.12. The molecular weight excluding hydrogens is 369 g/mol. The van der Waals surface area contributed by atoms with E-state index in [4.69, 9.17) is 17.0 Å². The van der Waals surface area contributed by atoms with Gasteiger partial charge in [-0.15, -0.1) is 0 Å². The van der Waals surface area contributed by atoms with Gasteiger partial charge in [-0.25, -0.2) is 4.39 Å². The second-order valence-electron chi connectivity index (χ2n) is 6.10. The summed E-state index contributed by atoms with van der Waals surface area (Å²) in [5, 5.41) is 2.29. The Morgan fingerprint density at radius 3 is 2.11 bits per heavy atom. The molecule has 8 heteroatoms. The molecule has 0 atom stereocenters. The number of amides is 2. The average molecular weight is 389 g/mol. The minimum absolute atomic E-state index is 0.0884. The number of benzene rings is 2. The molecule has 0 aliphatic carbocycles. The summed E-state index contributed by atoms with van der Waals surface area (Å²) in [6.45, 7) is 4.69. The van der Waals surface area contributed by atoms with Gasteiger partial charge in [-0.1, -0.05) is 13.8 Å². The smallest absolute Gasteiger partial charge is 0.269 e. The minimum atomic E-state index is -0.520. The van der Waals surface area contributed by atoms with E-state index in [1.54, 1.807) is 24.3 Å². The minimum Gasteiger partial charge on any atom is -0.493 e. The van der Waals surface area contributed by atoms with Crippen molar-refractivity contribution in [1.29, 1.82) is 0 Å². The maximum Gasteiger partial charge on any atom is 0.269 e. The van der Waals surface area contributed by atoms with Crippen LogP contribution >= 0.6 is 12.2 Å². The van der Waals surface area contributed by atoms with Crippen molar-refractivity contribution in [3.8, 4) is 5.75 Å². The van der Waals surface area contributed by atoms with Crippen LogP contribution in [-0.2, 0) is 0 Å². The zero-order valence-corrected chi connectivity index (χ0v) is 15.7. The summed E-state index contributed by atoms with van der Waals surface area (Å²) in [5.74, 6) is -0.309. The summed E-state index contributed by atoms with van der Waals surface area (Å²) < 4.78 is 18.4. The van der Waals surface area contributed by atoms with Gasteiger partial charge >= 0.3 is 0 Å². The van der Waals surface area contributed by atoms with Crippen LogP contribution in [0.25, 0.3) is 0 Å². The molecule has 2 rings (SSSR count). The Morgan fingerprint density at radius 2 is 1.52 bits per heavy atom. The van der Waals surface area contributed by atoms with Crippen molar-refractivity contribution in [1.82, 2.24) is 16.2 Å². The summed E-state index contributed by atoms with van der Waals surface area (Å²) >= 11 is 4.95. The van der Waals surface area contributed by atoms with Gasteiger partial charge in [0.05, 0.1) is 6.61 Å². The van der Waals surface area contributed by atoms with E-state index in [1.165, 1.54) is 24.3 Å². The van der Waals surface area contributed by atoms with Gasteiger partial charge in [-0.3, -0.25) is 25.8 Å². The average Bonchev–Trinajstić information content (AvgIpc) is 2.65. The molecule has 27 heavy (non-hydrogen) atoms. The van der Waals surface area contributed by atoms with Crippen LogP contribution in [0.1, 0.15) is 34.6 Å². The molecular formula is C19H20FN3O3S. The number of halogens is 1. The van der Waals surface area contributed by atoms with E-state index in [2.05, 4.69) is 16.2 Å². The van der Waals surface area contributed by atoms with Gasteiger partial charge in [0.15, 0.2) is 5.11 Å². The van der Waals surface area contributed by atoms with Crippen molar-refractivity contribution in [3.05, 3.63) is 65.5 Å². The number of ether oxygens (including phenoxy) is 1. The largest absolute Gasteiger partial charge is 0.493 e. The quantitative estimate of drug-likeness (QED) is 0.541. The first-order chi connectivity index (χ1) is 12.8. The van der Waals surface area contributed by atoms with Crippen LogP contribution in [0.2, 0.25) is 0 Å². The zero-order valence-electron chi connectivity index (χ0n) is 14.9. The number of nitrogens with one attached hydrogen (secondary N) is 3. The molecule has 0 aliphatic rings. The van der Waals surface area contributed by atoms with E-state index in [1.807, 2.05) is 13.8 Å². The van der Waals surface area contributed by atoms with Crippen LogP contribution in [0.5, 0.6) is 5.75 Å². The fraction of sp³-hybridized carbons (Fsp3) is 0.211. The van der Waals surface area contributed by atoms with Crippen LogP contribution in [0.4, 0.5) is 4.39 Å². The predicted molar refractivity (Wildman–Crippen MR) is 104 cm³/mol. The van der Waals surface area contributed by atoms with Gasteiger partial charge in [-0.2, -0.15) is 0 Å². The van der Waals surface area contributed by atoms with E-state index in [0.717, 1.165) is 0 Å². The third kappa shape index (κ3) is 6.67. The topological polar surface area (TPSA) is 79.5 Å². The number of carbonyl (C=O) groups is 2. The summed E-state index contributed by atoms with van der Waals surface area (Å²) in [5.41, 5.74) is 5.47. The summed E-state index contributed by atoms with van der Waals surface area (Å²) in [4.78, 5) is 24.0. The zero-order chi connectivity index (χ0) is 19.8. The molecule has 0 heterocycles. The standard InChI is InChI=1S/C19H20FN3O3S/c1-12(2)11-26-16-9-5-14(6-10-16)18(25)22-23-19(27)21-17(24)13-3-7-15(20)8-4-13/h3-10,12H,11H2,1-2H3,(H,22,25)(H2,21,23,24,27). The van der Waals surface area contributed by atoms with Crippen LogP contribution in [0.3, 0.4) is 0 Å². The van der Waals surface area contributed by atoms with Crippen molar-refractivity contribution < 1.29 is 18.7 Å². The molecule has 6 nitrogen and oxygen atoms in total. The lowest BCUT2D eigenvalue weighted by Crippen LogP contribution is -2.48. The lowest BCUT2D eigenvalue weighted by molar-refractivity contribution is 0.0934. The molecule has 2 aromatic rings. The molecule has 142 valence electrons. The molecule has 3 N–H and O–H groups in total. The normalized spacial score (nSPS) is 10.2. The van der Waals surface area contributed by atoms with Gasteiger partial charge in [0.2, 0.25) is 0 Å². The Labute approximate surface area is 162 Å². The van der Waals surface area contributed by atoms with E-state index in [-0.39, 0.29) is 10.7 Å². The Balaban J connectivity index is 1.81. The number of hydrogen-bond acceptors (Lipinski definition) is 4. The molecule has 0 radical (unpaired) electrons. The first-order valence-corrected chi connectivity index (χ1v) is 8.66. The van der Waals surface area contributed by atoms with Gasteiger partial charge < -0.3 is 4.74 Å². The van der Waals surface area contributed by atoms with E-state index in [0.29, 0.717) is 23.8 Å². The van der Waals surface area contributed by atoms with E-state index < -0.39 is 17.6 Å². The van der Waals surface area contributed by atoms with Gasteiger partial charge in [0.1, 0.15) is 11.6 Å². The number of thiocarbonyl (C=S) groups is 1. The van der Waals surface area contributed by atoms with Crippen molar-refractivity contribution in [2.75, 3.05) is 6.61 Å². The molecule has 0 saturated heterocycles. The second kappa shape index (κ2) is 9.63. The highest BCUT2D eigenvalue weighted by Crippen LogP contribution is 2.13. The maximum absolute atomic E-state index is 12.9. The molecule has 0 spiro atoms. The highest BCUT2D eigenvalue weighted by Gasteiger charge is 2.10. The highest BCUT2D eigenvalue weighted by molar-refractivity contribution is 7.80. The molecule has 2 amide bonds. The number of rotatable bonds is 5. The fourth-order valence-electron chi connectivity index (χ4n) is 1.96. The van der Waals surface area contributed by atoms with Crippen LogP contribution in [0.15, 0.2) is 48.5 Å². The third-order valence-electron chi connectivity index (χ3n) is 3.32. The van der Waals surface area contributed by atoms with Crippen LogP contribution in [0, 0.1) is 11.7 Å². The monoisotopic (exact) mass is 389 g/mol. The molecule has 2 aromatic carbocycles. The van der Waals surface area contributed by atoms with Gasteiger partial charge in [0, 0.05) is 11.1 Å². The van der Waals surface area contributed by atoms with Crippen molar-refractivity contribution >= 4 is 29.1 Å². The van der Waals surface area contributed by atoms with Gasteiger partial charge in [0.25, 0.3) is 11.8 Å². The predicted octanol–water partition coefficient (Wildman–Crippen LogP) is 2.81. The van der Waals surface area contributed by atoms with Crippen LogP contribution < -0.4 is 20.9 Å². The molecule has 0 bridgehead atoms. The molecule has 0 aliphatic heterocycles. The van der Waals surface area contributed by atoms with Crippen LogP contribution in [-0.4, -0.2) is 23.5 Å². The molecule has 0 unspecified atom stereocenters. The van der Waals surface area contributed by atoms with Crippen molar-refractivity contribution in [2.24, 2.45) is 5.92 Å². The summed E-state index contributed by atoms with van der Waals surface area (Å²) in [6.07, 6.45) is 0. The van der Waals surface area contributed by atoms with E-state index >= 15 is 0 Å². The second-order valence-corrected chi connectivity index (χ2v) is 6.51. The van der Waals surface area contributed by atoms with Crippen molar-refractivity contribution in [2.45, 2.75) is 13.8 Å². The molecule has 0 aromatic heterocycles. The Morgan fingerprint density at radius 1 is 0.963 bits per heavy atom. The highest BCUT2D eigenvalue weighted by atomic mass is 32.1. The first kappa shape index (κ1) is 20.3. The summed E-state index contributed by atoms with van der Waals surface area (Å²) in [7, 11) is 0. The lowest BCUT2D eigenvalue weighted by atomic mass is 10.2. The maximum atomic E-state index is 12.9. The number of hydrazine groups is 1. The van der Waals surface area contributed by atoms with E-state index in [9.17, 15) is 14.0 Å². The van der Waals surface area contributed by atoms with Gasteiger partial charge in [-0.05, 0) is 66.7 Å². The number of hydrogen-bond donors (Lipinski definition) is 3.